The van der Waals surface area contributed by atoms with Gasteiger partial charge in [-0.05, 0) is 25.1 Å². The van der Waals surface area contributed by atoms with E-state index in [1.165, 1.54) is 0 Å². The SMILES string of the molecule is CCCNCCNCc1cc(F)c(Cl)cc1F. The summed E-state index contributed by atoms with van der Waals surface area (Å²) in [6.07, 6.45) is 1.08. The summed E-state index contributed by atoms with van der Waals surface area (Å²) in [5, 5.41) is 6.06. The van der Waals surface area contributed by atoms with Gasteiger partial charge in [-0.2, -0.15) is 0 Å². The summed E-state index contributed by atoms with van der Waals surface area (Å²) in [4.78, 5) is 0. The molecule has 2 nitrogen and oxygen atoms in total. The Hall–Kier alpha value is -0.710. The summed E-state index contributed by atoms with van der Waals surface area (Å²) in [5.41, 5.74) is 0.294. The zero-order chi connectivity index (χ0) is 12.7. The van der Waals surface area contributed by atoms with Crippen molar-refractivity contribution >= 4 is 11.6 Å². The summed E-state index contributed by atoms with van der Waals surface area (Å²) < 4.78 is 26.4. The molecule has 0 atom stereocenters. The quantitative estimate of drug-likeness (QED) is 0.583. The van der Waals surface area contributed by atoms with E-state index in [1.54, 1.807) is 0 Å². The molecule has 1 rings (SSSR count). The molecule has 0 heterocycles. The third-order valence-electron chi connectivity index (χ3n) is 2.31. The second kappa shape index (κ2) is 7.58. The van der Waals surface area contributed by atoms with Crippen molar-refractivity contribution in [3.63, 3.8) is 0 Å². The lowest BCUT2D eigenvalue weighted by atomic mass is 10.2. The van der Waals surface area contributed by atoms with Gasteiger partial charge in [0.1, 0.15) is 11.6 Å². The first kappa shape index (κ1) is 14.4. The molecule has 0 aromatic heterocycles. The first-order valence-corrected chi connectivity index (χ1v) is 6.07. The van der Waals surface area contributed by atoms with Gasteiger partial charge in [-0.3, -0.25) is 0 Å². The summed E-state index contributed by atoms with van der Waals surface area (Å²) in [7, 11) is 0. The Morgan fingerprint density at radius 3 is 2.47 bits per heavy atom. The molecule has 0 fully saturated rings. The highest BCUT2D eigenvalue weighted by Gasteiger charge is 2.07. The van der Waals surface area contributed by atoms with E-state index in [2.05, 4.69) is 17.6 Å². The molecule has 96 valence electrons. The van der Waals surface area contributed by atoms with Gasteiger partial charge in [0.05, 0.1) is 5.02 Å². The summed E-state index contributed by atoms with van der Waals surface area (Å²) in [5.74, 6) is -1.07. The molecule has 0 radical (unpaired) electrons. The van der Waals surface area contributed by atoms with Gasteiger partial charge in [0.25, 0.3) is 0 Å². The van der Waals surface area contributed by atoms with Crippen molar-refractivity contribution in [3.05, 3.63) is 34.4 Å². The smallest absolute Gasteiger partial charge is 0.142 e. The molecule has 0 aliphatic carbocycles. The van der Waals surface area contributed by atoms with Crippen molar-refractivity contribution in [2.45, 2.75) is 19.9 Å². The van der Waals surface area contributed by atoms with Crippen molar-refractivity contribution in [3.8, 4) is 0 Å². The molecule has 0 spiro atoms. The summed E-state index contributed by atoms with van der Waals surface area (Å²) in [6.45, 7) is 4.88. The van der Waals surface area contributed by atoms with Crippen LogP contribution in [0.3, 0.4) is 0 Å². The second-order valence-corrected chi connectivity index (χ2v) is 4.19. The molecule has 0 unspecified atom stereocenters. The van der Waals surface area contributed by atoms with Crippen molar-refractivity contribution in [1.82, 2.24) is 10.6 Å². The lowest BCUT2D eigenvalue weighted by molar-refractivity contribution is 0.559. The maximum atomic E-state index is 13.4. The Morgan fingerprint density at radius 1 is 1.06 bits per heavy atom. The van der Waals surface area contributed by atoms with Gasteiger partial charge in [-0.25, -0.2) is 8.78 Å². The van der Waals surface area contributed by atoms with Crippen LogP contribution in [-0.4, -0.2) is 19.6 Å². The van der Waals surface area contributed by atoms with Crippen LogP contribution in [0.5, 0.6) is 0 Å². The van der Waals surface area contributed by atoms with Gasteiger partial charge in [-0.15, -0.1) is 0 Å². The molecule has 0 aliphatic heterocycles. The molecule has 0 saturated heterocycles. The Morgan fingerprint density at radius 2 is 1.76 bits per heavy atom. The zero-order valence-electron chi connectivity index (χ0n) is 9.82. The predicted octanol–water partition coefficient (Wildman–Crippen LogP) is 2.71. The predicted molar refractivity (Wildman–Crippen MR) is 66.2 cm³/mol. The van der Waals surface area contributed by atoms with Crippen LogP contribution in [-0.2, 0) is 6.54 Å². The molecule has 0 amide bonds. The number of benzene rings is 1. The van der Waals surface area contributed by atoms with Crippen LogP contribution >= 0.6 is 11.6 Å². The first-order valence-electron chi connectivity index (χ1n) is 5.70. The van der Waals surface area contributed by atoms with Gasteiger partial charge in [0.15, 0.2) is 0 Å². The fourth-order valence-electron chi connectivity index (χ4n) is 1.40. The van der Waals surface area contributed by atoms with Crippen molar-refractivity contribution in [2.24, 2.45) is 0 Å². The molecule has 0 saturated carbocycles. The van der Waals surface area contributed by atoms with Crippen LogP contribution < -0.4 is 10.6 Å². The van der Waals surface area contributed by atoms with Gasteiger partial charge in [-0.1, -0.05) is 18.5 Å². The van der Waals surface area contributed by atoms with E-state index in [9.17, 15) is 8.78 Å². The monoisotopic (exact) mass is 262 g/mol. The first-order chi connectivity index (χ1) is 8.15. The highest BCUT2D eigenvalue weighted by molar-refractivity contribution is 6.30. The van der Waals surface area contributed by atoms with E-state index in [4.69, 9.17) is 11.6 Å². The lowest BCUT2D eigenvalue weighted by Gasteiger charge is -2.07. The van der Waals surface area contributed by atoms with E-state index in [0.29, 0.717) is 18.7 Å². The minimum atomic E-state index is -0.589. The Labute approximate surface area is 105 Å². The normalized spacial score (nSPS) is 10.8. The van der Waals surface area contributed by atoms with E-state index in [1.807, 2.05) is 0 Å². The number of nitrogens with one attached hydrogen (secondary N) is 2. The third kappa shape index (κ3) is 4.98. The standard InChI is InChI=1S/C12H17ClF2N2/c1-2-3-16-4-5-17-8-9-6-12(15)10(13)7-11(9)14/h6-7,16-17H,2-5,8H2,1H3. The second-order valence-electron chi connectivity index (χ2n) is 3.78. The average Bonchev–Trinajstić information content (AvgIpc) is 2.30. The highest BCUT2D eigenvalue weighted by Crippen LogP contribution is 2.18. The van der Waals surface area contributed by atoms with Gasteiger partial charge < -0.3 is 10.6 Å². The number of halogens is 3. The van der Waals surface area contributed by atoms with Crippen molar-refractivity contribution in [1.29, 1.82) is 0 Å². The molecular weight excluding hydrogens is 246 g/mol. The number of hydrogen-bond donors (Lipinski definition) is 2. The number of hydrogen-bond acceptors (Lipinski definition) is 2. The van der Waals surface area contributed by atoms with Crippen LogP contribution in [0.1, 0.15) is 18.9 Å². The van der Waals surface area contributed by atoms with Gasteiger partial charge in [0.2, 0.25) is 0 Å². The largest absolute Gasteiger partial charge is 0.315 e. The lowest BCUT2D eigenvalue weighted by Crippen LogP contribution is -2.27. The third-order valence-corrected chi connectivity index (χ3v) is 2.60. The molecular formula is C12H17ClF2N2. The van der Waals surface area contributed by atoms with Crippen LogP contribution in [0.4, 0.5) is 8.78 Å². The zero-order valence-corrected chi connectivity index (χ0v) is 10.6. The number of rotatable bonds is 7. The van der Waals surface area contributed by atoms with Crippen LogP contribution in [0.15, 0.2) is 12.1 Å². The minimum Gasteiger partial charge on any atom is -0.315 e. The molecule has 1 aromatic carbocycles. The van der Waals surface area contributed by atoms with E-state index in [-0.39, 0.29) is 5.02 Å². The molecule has 0 bridgehead atoms. The fourth-order valence-corrected chi connectivity index (χ4v) is 1.55. The maximum absolute atomic E-state index is 13.4. The Balaban J connectivity index is 2.34. The summed E-state index contributed by atoms with van der Waals surface area (Å²) in [6, 6.07) is 2.13. The molecule has 1 aromatic rings. The average molecular weight is 263 g/mol. The summed E-state index contributed by atoms with van der Waals surface area (Å²) >= 11 is 5.46. The van der Waals surface area contributed by atoms with Gasteiger partial charge >= 0.3 is 0 Å². The van der Waals surface area contributed by atoms with Crippen molar-refractivity contribution < 1.29 is 8.78 Å². The molecule has 17 heavy (non-hydrogen) atoms. The Bertz CT molecular complexity index is 359. The van der Waals surface area contributed by atoms with Crippen LogP contribution in [0, 0.1) is 11.6 Å². The molecule has 5 heteroatoms. The van der Waals surface area contributed by atoms with Crippen LogP contribution in [0.25, 0.3) is 0 Å². The highest BCUT2D eigenvalue weighted by atomic mass is 35.5. The van der Waals surface area contributed by atoms with Crippen molar-refractivity contribution in [2.75, 3.05) is 19.6 Å². The molecule has 0 aliphatic rings. The van der Waals surface area contributed by atoms with Crippen LogP contribution in [0.2, 0.25) is 5.02 Å². The van der Waals surface area contributed by atoms with Gasteiger partial charge in [0, 0.05) is 25.2 Å². The maximum Gasteiger partial charge on any atom is 0.142 e. The van der Waals surface area contributed by atoms with E-state index >= 15 is 0 Å². The minimum absolute atomic E-state index is 0.184. The topological polar surface area (TPSA) is 24.1 Å². The Kier molecular flexibility index (Phi) is 6.40. The fraction of sp³-hybridized carbons (Fsp3) is 0.500. The van der Waals surface area contributed by atoms with E-state index < -0.39 is 11.6 Å². The molecule has 2 N–H and O–H groups in total. The van der Waals surface area contributed by atoms with E-state index in [0.717, 1.165) is 31.6 Å².